The van der Waals surface area contributed by atoms with Crippen LogP contribution in [0.2, 0.25) is 0 Å². The van der Waals surface area contributed by atoms with E-state index in [4.69, 9.17) is 5.73 Å². The highest BCUT2D eigenvalue weighted by Crippen LogP contribution is 2.25. The van der Waals surface area contributed by atoms with Crippen molar-refractivity contribution in [3.63, 3.8) is 0 Å². The first-order valence-corrected chi connectivity index (χ1v) is 7.02. The van der Waals surface area contributed by atoms with Crippen LogP contribution in [0.3, 0.4) is 0 Å². The molecule has 2 N–H and O–H groups in total. The van der Waals surface area contributed by atoms with Crippen molar-refractivity contribution in [2.75, 3.05) is 18.0 Å². The van der Waals surface area contributed by atoms with E-state index < -0.39 is 0 Å². The largest absolute Gasteiger partial charge is 0.367 e. The molecule has 0 aliphatic carbocycles. The maximum absolute atomic E-state index is 14.0. The van der Waals surface area contributed by atoms with Crippen molar-refractivity contribution in [1.82, 2.24) is 0 Å². The predicted molar refractivity (Wildman–Crippen MR) is 82.3 cm³/mol. The van der Waals surface area contributed by atoms with Gasteiger partial charge >= 0.3 is 0 Å². The van der Waals surface area contributed by atoms with Gasteiger partial charge in [-0.1, -0.05) is 36.4 Å². The Balaban J connectivity index is 2.29. The zero-order valence-corrected chi connectivity index (χ0v) is 11.8. The summed E-state index contributed by atoms with van der Waals surface area (Å²) in [5.41, 5.74) is 8.49. The monoisotopic (exact) mass is 272 g/mol. The number of hydrogen-bond donors (Lipinski definition) is 1. The first kappa shape index (κ1) is 14.5. The Hall–Kier alpha value is -1.87. The molecule has 2 aromatic rings. The summed E-state index contributed by atoms with van der Waals surface area (Å²) in [7, 11) is 0. The molecular formula is C17H21FN2. The van der Waals surface area contributed by atoms with Crippen LogP contribution < -0.4 is 10.6 Å². The number of rotatable bonds is 6. The lowest BCUT2D eigenvalue weighted by atomic mass is 10.1. The first-order valence-electron chi connectivity index (χ1n) is 7.02. The number of halogens is 1. The van der Waals surface area contributed by atoms with E-state index in [2.05, 4.69) is 24.0 Å². The van der Waals surface area contributed by atoms with Crippen molar-refractivity contribution in [1.29, 1.82) is 0 Å². The Bertz CT molecular complexity index is 540. The Morgan fingerprint density at radius 1 is 1.05 bits per heavy atom. The maximum atomic E-state index is 14.0. The van der Waals surface area contributed by atoms with Crippen LogP contribution in [0.25, 0.3) is 0 Å². The fourth-order valence-electron chi connectivity index (χ4n) is 2.41. The Morgan fingerprint density at radius 2 is 1.80 bits per heavy atom. The van der Waals surface area contributed by atoms with Crippen LogP contribution in [0.1, 0.15) is 18.1 Å². The molecule has 0 saturated heterocycles. The van der Waals surface area contributed by atoms with E-state index >= 15 is 0 Å². The van der Waals surface area contributed by atoms with Crippen molar-refractivity contribution in [3.8, 4) is 0 Å². The van der Waals surface area contributed by atoms with E-state index in [1.165, 1.54) is 11.6 Å². The molecule has 0 atom stereocenters. The Labute approximate surface area is 120 Å². The second kappa shape index (κ2) is 7.06. The van der Waals surface area contributed by atoms with E-state index in [0.717, 1.165) is 18.8 Å². The molecule has 0 saturated carbocycles. The average Bonchev–Trinajstić information content (AvgIpc) is 2.48. The third-order valence-corrected chi connectivity index (χ3v) is 3.43. The summed E-state index contributed by atoms with van der Waals surface area (Å²) in [5, 5.41) is 0. The lowest BCUT2D eigenvalue weighted by Gasteiger charge is -2.26. The predicted octanol–water partition coefficient (Wildman–Crippen LogP) is 3.35. The van der Waals surface area contributed by atoms with Gasteiger partial charge in [0.1, 0.15) is 5.82 Å². The third kappa shape index (κ3) is 3.36. The zero-order chi connectivity index (χ0) is 14.4. The minimum Gasteiger partial charge on any atom is -0.367 e. The molecular weight excluding hydrogens is 251 g/mol. The van der Waals surface area contributed by atoms with Gasteiger partial charge in [0.15, 0.2) is 0 Å². The van der Waals surface area contributed by atoms with Crippen LogP contribution in [-0.2, 0) is 13.0 Å². The zero-order valence-electron chi connectivity index (χ0n) is 11.8. The van der Waals surface area contributed by atoms with Gasteiger partial charge in [-0.3, -0.25) is 0 Å². The van der Waals surface area contributed by atoms with Crippen LogP contribution in [0.5, 0.6) is 0 Å². The number of nitrogens with two attached hydrogens (primary N) is 1. The van der Waals surface area contributed by atoms with Crippen molar-refractivity contribution < 1.29 is 4.39 Å². The molecule has 0 aliphatic rings. The van der Waals surface area contributed by atoms with Gasteiger partial charge in [-0.05, 0) is 37.6 Å². The molecule has 2 aromatic carbocycles. The van der Waals surface area contributed by atoms with Gasteiger partial charge in [-0.25, -0.2) is 4.39 Å². The molecule has 2 rings (SSSR count). The van der Waals surface area contributed by atoms with Crippen molar-refractivity contribution >= 4 is 5.69 Å². The fraction of sp³-hybridized carbons (Fsp3) is 0.294. The van der Waals surface area contributed by atoms with Gasteiger partial charge in [-0.2, -0.15) is 0 Å². The maximum Gasteiger partial charge on any atom is 0.128 e. The van der Waals surface area contributed by atoms with E-state index in [-0.39, 0.29) is 5.82 Å². The highest BCUT2D eigenvalue weighted by molar-refractivity contribution is 5.54. The summed E-state index contributed by atoms with van der Waals surface area (Å²) in [6.07, 6.45) is 0.563. The SMILES string of the molecule is CCN(Cc1ccccc1)c1cccc(F)c1CCN. The standard InChI is InChI=1S/C17H21FN2/c1-2-20(13-14-7-4-3-5-8-14)17-10-6-9-16(18)15(17)11-12-19/h3-10H,2,11-13,19H2,1H3. The summed E-state index contributed by atoms with van der Waals surface area (Å²) >= 11 is 0. The second-order valence-corrected chi connectivity index (χ2v) is 4.78. The van der Waals surface area contributed by atoms with Crippen LogP contribution in [0.4, 0.5) is 10.1 Å². The lowest BCUT2D eigenvalue weighted by molar-refractivity contribution is 0.607. The molecule has 0 unspecified atom stereocenters. The molecule has 20 heavy (non-hydrogen) atoms. The molecule has 0 bridgehead atoms. The minimum absolute atomic E-state index is 0.167. The van der Waals surface area contributed by atoms with Crippen molar-refractivity contribution in [3.05, 3.63) is 65.5 Å². The van der Waals surface area contributed by atoms with E-state index in [1.54, 1.807) is 6.07 Å². The van der Waals surface area contributed by atoms with E-state index in [0.29, 0.717) is 18.5 Å². The Kier molecular flexibility index (Phi) is 5.13. The van der Waals surface area contributed by atoms with Crippen LogP contribution >= 0.6 is 0 Å². The Morgan fingerprint density at radius 3 is 2.45 bits per heavy atom. The van der Waals surface area contributed by atoms with Crippen LogP contribution in [0.15, 0.2) is 48.5 Å². The van der Waals surface area contributed by atoms with Crippen molar-refractivity contribution in [2.45, 2.75) is 19.9 Å². The lowest BCUT2D eigenvalue weighted by Crippen LogP contribution is -2.24. The molecule has 0 fully saturated rings. The summed E-state index contributed by atoms with van der Waals surface area (Å²) in [4.78, 5) is 2.18. The van der Waals surface area contributed by atoms with Crippen LogP contribution in [0, 0.1) is 5.82 Å². The molecule has 0 heterocycles. The van der Waals surface area contributed by atoms with Crippen LogP contribution in [-0.4, -0.2) is 13.1 Å². The van der Waals surface area contributed by atoms with Gasteiger partial charge < -0.3 is 10.6 Å². The average molecular weight is 272 g/mol. The molecule has 0 aliphatic heterocycles. The number of hydrogen-bond acceptors (Lipinski definition) is 2. The number of nitrogens with zero attached hydrogens (tertiary/aromatic N) is 1. The highest BCUT2D eigenvalue weighted by Gasteiger charge is 2.13. The van der Waals surface area contributed by atoms with Gasteiger partial charge in [0.05, 0.1) is 0 Å². The smallest absolute Gasteiger partial charge is 0.128 e. The molecule has 106 valence electrons. The second-order valence-electron chi connectivity index (χ2n) is 4.78. The first-order chi connectivity index (χ1) is 9.76. The fourth-order valence-corrected chi connectivity index (χ4v) is 2.41. The molecule has 0 aromatic heterocycles. The number of anilines is 1. The highest BCUT2D eigenvalue weighted by atomic mass is 19.1. The van der Waals surface area contributed by atoms with E-state index in [9.17, 15) is 4.39 Å². The minimum atomic E-state index is -0.167. The van der Waals surface area contributed by atoms with Crippen molar-refractivity contribution in [2.24, 2.45) is 5.73 Å². The summed E-state index contributed by atoms with van der Waals surface area (Å²) < 4.78 is 14.0. The van der Waals surface area contributed by atoms with Gasteiger partial charge in [0.2, 0.25) is 0 Å². The molecule has 3 heteroatoms. The third-order valence-electron chi connectivity index (χ3n) is 3.43. The molecule has 0 radical (unpaired) electrons. The molecule has 2 nitrogen and oxygen atoms in total. The topological polar surface area (TPSA) is 29.3 Å². The number of benzene rings is 2. The molecule has 0 spiro atoms. The summed E-state index contributed by atoms with van der Waals surface area (Å²) in [5.74, 6) is -0.167. The molecule has 0 amide bonds. The van der Waals surface area contributed by atoms with Gasteiger partial charge in [0, 0.05) is 24.3 Å². The summed E-state index contributed by atoms with van der Waals surface area (Å²) in [6, 6.07) is 15.5. The summed E-state index contributed by atoms with van der Waals surface area (Å²) in [6.45, 7) is 4.14. The van der Waals surface area contributed by atoms with Gasteiger partial charge in [-0.15, -0.1) is 0 Å². The normalized spacial score (nSPS) is 10.6. The van der Waals surface area contributed by atoms with E-state index in [1.807, 2.05) is 24.3 Å². The quantitative estimate of drug-likeness (QED) is 0.873. The van der Waals surface area contributed by atoms with Gasteiger partial charge in [0.25, 0.3) is 0 Å².